The molecule has 7 heteroatoms. The third kappa shape index (κ3) is 4.08. The molecule has 1 aromatic carbocycles. The quantitative estimate of drug-likeness (QED) is 0.675. The van der Waals surface area contributed by atoms with Gasteiger partial charge in [0.1, 0.15) is 11.4 Å². The number of H-pyrrole nitrogens is 1. The number of nitrogens with zero attached hydrogens (tertiary/aromatic N) is 1. The monoisotopic (exact) mass is 303 g/mol. The number of carbonyl (C=O) groups is 2. The molecular weight excluding hydrogens is 286 g/mol. The lowest BCUT2D eigenvalue weighted by atomic mass is 10.1. The van der Waals surface area contributed by atoms with Crippen molar-refractivity contribution in [2.45, 2.75) is 12.8 Å². The summed E-state index contributed by atoms with van der Waals surface area (Å²) in [7, 11) is 1.58. The van der Waals surface area contributed by atoms with E-state index >= 15 is 0 Å². The molecule has 0 saturated carbocycles. The highest BCUT2D eigenvalue weighted by atomic mass is 16.5. The summed E-state index contributed by atoms with van der Waals surface area (Å²) in [6.07, 6.45) is 0.413. The molecule has 0 aliphatic rings. The summed E-state index contributed by atoms with van der Waals surface area (Å²) in [5.74, 6) is -0.483. The van der Waals surface area contributed by atoms with Crippen LogP contribution in [0.25, 0.3) is 11.3 Å². The maximum Gasteiger partial charge on any atom is 0.303 e. The largest absolute Gasteiger partial charge is 0.497 e. The van der Waals surface area contributed by atoms with Crippen LogP contribution < -0.4 is 10.1 Å². The van der Waals surface area contributed by atoms with E-state index in [1.54, 1.807) is 13.2 Å². The molecule has 1 heterocycles. The Hall–Kier alpha value is -2.83. The Labute approximate surface area is 127 Å². The highest BCUT2D eigenvalue weighted by molar-refractivity contribution is 5.93. The molecule has 0 radical (unpaired) electrons. The molecule has 0 aliphatic heterocycles. The second-order valence-corrected chi connectivity index (χ2v) is 4.65. The van der Waals surface area contributed by atoms with Crippen molar-refractivity contribution < 1.29 is 19.4 Å². The number of ether oxygens (including phenoxy) is 1. The summed E-state index contributed by atoms with van der Waals surface area (Å²) in [5, 5.41) is 17.9. The Morgan fingerprint density at radius 3 is 2.91 bits per heavy atom. The van der Waals surface area contributed by atoms with Crippen LogP contribution in [-0.2, 0) is 4.79 Å². The number of carboxylic acids is 1. The zero-order valence-electron chi connectivity index (χ0n) is 12.1. The minimum absolute atomic E-state index is 0.0261. The van der Waals surface area contributed by atoms with Gasteiger partial charge in [0, 0.05) is 18.5 Å². The number of carbonyl (C=O) groups excluding carboxylic acids is 1. The van der Waals surface area contributed by atoms with Crippen molar-refractivity contribution in [3.8, 4) is 17.0 Å². The molecule has 1 aromatic heterocycles. The van der Waals surface area contributed by atoms with E-state index in [2.05, 4.69) is 15.5 Å². The predicted molar refractivity (Wildman–Crippen MR) is 79.8 cm³/mol. The summed E-state index contributed by atoms with van der Waals surface area (Å²) in [4.78, 5) is 22.3. The van der Waals surface area contributed by atoms with Gasteiger partial charge in [0.15, 0.2) is 0 Å². The number of benzene rings is 1. The van der Waals surface area contributed by atoms with Crippen molar-refractivity contribution in [1.29, 1.82) is 0 Å². The molecule has 22 heavy (non-hydrogen) atoms. The number of hydrogen-bond donors (Lipinski definition) is 3. The number of methoxy groups -OCH3 is 1. The molecule has 0 bridgehead atoms. The topological polar surface area (TPSA) is 104 Å². The lowest BCUT2D eigenvalue weighted by molar-refractivity contribution is -0.137. The number of aromatic amines is 1. The molecule has 116 valence electrons. The first-order valence-electron chi connectivity index (χ1n) is 6.80. The van der Waals surface area contributed by atoms with Gasteiger partial charge in [-0.1, -0.05) is 12.1 Å². The lowest BCUT2D eigenvalue weighted by Gasteiger charge is -2.01. The molecular formula is C15H17N3O4. The molecule has 0 aliphatic carbocycles. The molecule has 0 spiro atoms. The molecule has 0 atom stereocenters. The van der Waals surface area contributed by atoms with E-state index in [4.69, 9.17) is 9.84 Å². The van der Waals surface area contributed by atoms with Gasteiger partial charge in [0.25, 0.3) is 5.91 Å². The van der Waals surface area contributed by atoms with E-state index in [9.17, 15) is 9.59 Å². The maximum atomic E-state index is 11.9. The SMILES string of the molecule is COc1cccc(-c2cc(C(=O)NCCCC(=O)O)[nH]n2)c1. The van der Waals surface area contributed by atoms with Crippen molar-refractivity contribution in [2.24, 2.45) is 0 Å². The van der Waals surface area contributed by atoms with Gasteiger partial charge in [-0.3, -0.25) is 14.7 Å². The number of hydrogen-bond acceptors (Lipinski definition) is 4. The molecule has 3 N–H and O–H groups in total. The second-order valence-electron chi connectivity index (χ2n) is 4.65. The van der Waals surface area contributed by atoms with Gasteiger partial charge < -0.3 is 15.2 Å². The highest BCUT2D eigenvalue weighted by Crippen LogP contribution is 2.22. The number of aromatic nitrogens is 2. The van der Waals surface area contributed by atoms with Gasteiger partial charge >= 0.3 is 5.97 Å². The van der Waals surface area contributed by atoms with Gasteiger partial charge in [-0.15, -0.1) is 0 Å². The minimum atomic E-state index is -0.879. The molecule has 1 amide bonds. The summed E-state index contributed by atoms with van der Waals surface area (Å²) in [6, 6.07) is 9.00. The molecule has 2 rings (SSSR count). The summed E-state index contributed by atoms with van der Waals surface area (Å²) in [6.45, 7) is 0.304. The molecule has 0 saturated heterocycles. The van der Waals surface area contributed by atoms with Crippen LogP contribution in [-0.4, -0.2) is 40.8 Å². The normalized spacial score (nSPS) is 10.2. The van der Waals surface area contributed by atoms with Crippen molar-refractivity contribution in [3.63, 3.8) is 0 Å². The number of nitrogens with one attached hydrogen (secondary N) is 2. The van der Waals surface area contributed by atoms with E-state index in [1.165, 1.54) is 0 Å². The van der Waals surface area contributed by atoms with Crippen molar-refractivity contribution in [2.75, 3.05) is 13.7 Å². The third-order valence-electron chi connectivity index (χ3n) is 3.04. The fraction of sp³-hybridized carbons (Fsp3) is 0.267. The standard InChI is InChI=1S/C15H17N3O4/c1-22-11-5-2-4-10(8-11)12-9-13(18-17-12)15(21)16-7-3-6-14(19)20/h2,4-5,8-9H,3,6-7H2,1H3,(H,16,21)(H,17,18)(H,19,20). The number of carboxylic acid groups (broad SMARTS) is 1. The summed E-state index contributed by atoms with van der Waals surface area (Å²) >= 11 is 0. The van der Waals surface area contributed by atoms with Crippen LogP contribution in [0.3, 0.4) is 0 Å². The van der Waals surface area contributed by atoms with Crippen LogP contribution >= 0.6 is 0 Å². The van der Waals surface area contributed by atoms with Crippen molar-refractivity contribution >= 4 is 11.9 Å². The molecule has 0 fully saturated rings. The average molecular weight is 303 g/mol. The van der Waals surface area contributed by atoms with Crippen LogP contribution in [0.15, 0.2) is 30.3 Å². The zero-order chi connectivity index (χ0) is 15.9. The Morgan fingerprint density at radius 2 is 2.18 bits per heavy atom. The van der Waals surface area contributed by atoms with Gasteiger partial charge in [-0.2, -0.15) is 5.10 Å². The fourth-order valence-corrected chi connectivity index (χ4v) is 1.91. The zero-order valence-corrected chi connectivity index (χ0v) is 12.1. The Kier molecular flexibility index (Phi) is 5.13. The summed E-state index contributed by atoms with van der Waals surface area (Å²) < 4.78 is 5.15. The Balaban J connectivity index is 1.98. The lowest BCUT2D eigenvalue weighted by Crippen LogP contribution is -2.25. The van der Waals surface area contributed by atoms with Gasteiger partial charge in [-0.05, 0) is 24.6 Å². The molecule has 2 aromatic rings. The van der Waals surface area contributed by atoms with E-state index in [0.29, 0.717) is 30.1 Å². The van der Waals surface area contributed by atoms with Gasteiger partial charge in [0.2, 0.25) is 0 Å². The van der Waals surface area contributed by atoms with Crippen LogP contribution in [0.4, 0.5) is 0 Å². The highest BCUT2D eigenvalue weighted by Gasteiger charge is 2.11. The first-order valence-corrected chi connectivity index (χ1v) is 6.80. The first-order chi connectivity index (χ1) is 10.6. The molecule has 0 unspecified atom stereocenters. The van der Waals surface area contributed by atoms with Crippen LogP contribution in [0.5, 0.6) is 5.75 Å². The average Bonchev–Trinajstić information content (AvgIpc) is 3.01. The first kappa shape index (κ1) is 15.6. The van der Waals surface area contributed by atoms with Crippen LogP contribution in [0, 0.1) is 0 Å². The van der Waals surface area contributed by atoms with Crippen molar-refractivity contribution in [1.82, 2.24) is 15.5 Å². The predicted octanol–water partition coefficient (Wildman–Crippen LogP) is 1.68. The van der Waals surface area contributed by atoms with E-state index in [-0.39, 0.29) is 12.3 Å². The number of rotatable bonds is 7. The fourth-order valence-electron chi connectivity index (χ4n) is 1.91. The third-order valence-corrected chi connectivity index (χ3v) is 3.04. The molecule has 7 nitrogen and oxygen atoms in total. The van der Waals surface area contributed by atoms with E-state index in [0.717, 1.165) is 5.56 Å². The number of amides is 1. The van der Waals surface area contributed by atoms with Gasteiger partial charge in [-0.25, -0.2) is 0 Å². The smallest absolute Gasteiger partial charge is 0.303 e. The Morgan fingerprint density at radius 1 is 1.36 bits per heavy atom. The van der Waals surface area contributed by atoms with E-state index in [1.807, 2.05) is 24.3 Å². The number of aliphatic carboxylic acids is 1. The Bertz CT molecular complexity index is 666. The minimum Gasteiger partial charge on any atom is -0.497 e. The van der Waals surface area contributed by atoms with Gasteiger partial charge in [0.05, 0.1) is 12.8 Å². The summed E-state index contributed by atoms with van der Waals surface area (Å²) in [5.41, 5.74) is 1.79. The van der Waals surface area contributed by atoms with Crippen LogP contribution in [0.2, 0.25) is 0 Å². The second kappa shape index (κ2) is 7.26. The maximum absolute atomic E-state index is 11.9. The van der Waals surface area contributed by atoms with E-state index < -0.39 is 5.97 Å². The van der Waals surface area contributed by atoms with Crippen molar-refractivity contribution in [3.05, 3.63) is 36.0 Å². The van der Waals surface area contributed by atoms with Crippen LogP contribution in [0.1, 0.15) is 23.3 Å².